The smallest absolute Gasteiger partial charge is 0.261 e. The van der Waals surface area contributed by atoms with E-state index in [1.165, 1.54) is 0 Å². The van der Waals surface area contributed by atoms with Crippen LogP contribution in [0, 0.1) is 5.92 Å². The number of rotatable bonds is 1. The van der Waals surface area contributed by atoms with Gasteiger partial charge in [0.25, 0.3) is 6.21 Å². The Morgan fingerprint density at radius 1 is 1.50 bits per heavy atom. The van der Waals surface area contributed by atoms with Gasteiger partial charge in [-0.2, -0.15) is 4.79 Å². The summed E-state index contributed by atoms with van der Waals surface area (Å²) in [6.45, 7) is 0. The topological polar surface area (TPSA) is 36.4 Å². The zero-order chi connectivity index (χ0) is 5.82. The Balaban J connectivity index is 2.40. The second kappa shape index (κ2) is 2.43. The van der Waals surface area contributed by atoms with Crippen LogP contribution in [-0.2, 0) is 0 Å². The first-order valence-corrected chi connectivity index (χ1v) is 2.76. The van der Waals surface area contributed by atoms with Gasteiger partial charge in [-0.3, -0.25) is 0 Å². The molecule has 0 heterocycles. The monoisotopic (exact) mass is 108 g/mol. The summed E-state index contributed by atoms with van der Waals surface area (Å²) in [5, 5.41) is 0. The average molecular weight is 108 g/mol. The molecule has 1 aliphatic rings. The molecule has 0 aromatic carbocycles. The SMILES string of the molecule is [N-]=[N+]=CC1CC=CC1. The van der Waals surface area contributed by atoms with Crippen molar-refractivity contribution in [3.05, 3.63) is 17.7 Å². The van der Waals surface area contributed by atoms with Gasteiger partial charge in [-0.05, 0) is 12.8 Å². The van der Waals surface area contributed by atoms with Crippen LogP contribution in [0.2, 0.25) is 0 Å². The van der Waals surface area contributed by atoms with Crippen LogP contribution in [0.3, 0.4) is 0 Å². The van der Waals surface area contributed by atoms with E-state index < -0.39 is 0 Å². The lowest BCUT2D eigenvalue weighted by atomic mass is 10.1. The lowest BCUT2D eigenvalue weighted by Gasteiger charge is -1.88. The highest BCUT2D eigenvalue weighted by Gasteiger charge is 2.09. The zero-order valence-corrected chi connectivity index (χ0v) is 4.62. The predicted molar refractivity (Wildman–Crippen MR) is 31.5 cm³/mol. The molecule has 0 bridgehead atoms. The third kappa shape index (κ3) is 1.04. The summed E-state index contributed by atoms with van der Waals surface area (Å²) in [6, 6.07) is 0. The third-order valence-electron chi connectivity index (χ3n) is 1.32. The van der Waals surface area contributed by atoms with E-state index in [1.807, 2.05) is 0 Å². The molecule has 42 valence electrons. The number of nitrogens with zero attached hydrogens (tertiary/aromatic N) is 2. The molecule has 2 nitrogen and oxygen atoms in total. The molecular weight excluding hydrogens is 100 g/mol. The van der Waals surface area contributed by atoms with Crippen molar-refractivity contribution in [1.29, 1.82) is 0 Å². The van der Waals surface area contributed by atoms with Crippen molar-refractivity contribution in [2.24, 2.45) is 5.92 Å². The molecule has 2 heteroatoms. The van der Waals surface area contributed by atoms with Crippen LogP contribution >= 0.6 is 0 Å². The van der Waals surface area contributed by atoms with Crippen molar-refractivity contribution in [2.45, 2.75) is 12.8 Å². The summed E-state index contributed by atoms with van der Waals surface area (Å²) in [5.74, 6) is 0.458. The molecule has 0 amide bonds. The highest BCUT2D eigenvalue weighted by molar-refractivity contribution is 5.55. The molecule has 0 aromatic heterocycles. The molecule has 0 fully saturated rings. The second-order valence-corrected chi connectivity index (χ2v) is 1.97. The normalized spacial score (nSPS) is 18.5. The fourth-order valence-corrected chi connectivity index (χ4v) is 0.854. The molecule has 0 atom stereocenters. The Kier molecular flexibility index (Phi) is 1.60. The van der Waals surface area contributed by atoms with E-state index in [4.69, 9.17) is 5.53 Å². The van der Waals surface area contributed by atoms with Crippen molar-refractivity contribution in [3.8, 4) is 0 Å². The van der Waals surface area contributed by atoms with Gasteiger partial charge in [0, 0.05) is 0 Å². The first-order chi connectivity index (χ1) is 3.93. The van der Waals surface area contributed by atoms with Crippen molar-refractivity contribution in [1.82, 2.24) is 0 Å². The lowest BCUT2D eigenvalue weighted by Crippen LogP contribution is -1.93. The van der Waals surface area contributed by atoms with Gasteiger partial charge in [0.1, 0.15) is 0 Å². The van der Waals surface area contributed by atoms with E-state index in [0.29, 0.717) is 5.92 Å². The summed E-state index contributed by atoms with van der Waals surface area (Å²) < 4.78 is 0. The molecule has 0 saturated heterocycles. The summed E-state index contributed by atoms with van der Waals surface area (Å²) in [5.41, 5.74) is 8.07. The maximum Gasteiger partial charge on any atom is 0.261 e. The number of hydrogen-bond donors (Lipinski definition) is 0. The van der Waals surface area contributed by atoms with E-state index in [9.17, 15) is 0 Å². The number of allylic oxidation sites excluding steroid dienone is 2. The molecule has 1 aliphatic carbocycles. The minimum Gasteiger partial charge on any atom is -0.362 e. The van der Waals surface area contributed by atoms with Gasteiger partial charge in [-0.25, -0.2) is 0 Å². The van der Waals surface area contributed by atoms with Crippen molar-refractivity contribution >= 4 is 6.21 Å². The van der Waals surface area contributed by atoms with Crippen molar-refractivity contribution in [2.75, 3.05) is 0 Å². The van der Waals surface area contributed by atoms with Crippen LogP contribution in [0.1, 0.15) is 12.8 Å². The Labute approximate surface area is 48.5 Å². The van der Waals surface area contributed by atoms with Gasteiger partial charge in [0.2, 0.25) is 0 Å². The fourth-order valence-electron chi connectivity index (χ4n) is 0.854. The van der Waals surface area contributed by atoms with E-state index in [2.05, 4.69) is 16.9 Å². The van der Waals surface area contributed by atoms with Crippen molar-refractivity contribution in [3.63, 3.8) is 0 Å². The lowest BCUT2D eigenvalue weighted by molar-refractivity contribution is -0.00270. The van der Waals surface area contributed by atoms with Crippen LogP contribution in [0.4, 0.5) is 0 Å². The van der Waals surface area contributed by atoms with Crippen LogP contribution in [0.5, 0.6) is 0 Å². The van der Waals surface area contributed by atoms with E-state index in [-0.39, 0.29) is 0 Å². The average Bonchev–Trinajstić information content (AvgIpc) is 2.19. The minimum atomic E-state index is 0.458. The maximum atomic E-state index is 8.07. The van der Waals surface area contributed by atoms with Gasteiger partial charge in [-0.1, -0.05) is 12.2 Å². The second-order valence-electron chi connectivity index (χ2n) is 1.97. The molecule has 8 heavy (non-hydrogen) atoms. The summed E-state index contributed by atoms with van der Waals surface area (Å²) in [6.07, 6.45) is 7.85. The van der Waals surface area contributed by atoms with Gasteiger partial charge >= 0.3 is 0 Å². The van der Waals surface area contributed by atoms with Crippen LogP contribution in [0.15, 0.2) is 12.2 Å². The standard InChI is InChI=1S/C6H8N2/c7-8-5-6-3-1-2-4-6/h1-2,5-6H,3-4H2. The van der Waals surface area contributed by atoms with Gasteiger partial charge in [0.15, 0.2) is 0 Å². The van der Waals surface area contributed by atoms with Crippen LogP contribution < -0.4 is 0 Å². The Bertz CT molecular complexity index is 135. The molecule has 0 radical (unpaired) electrons. The Morgan fingerprint density at radius 2 is 2.12 bits per heavy atom. The molecule has 0 aliphatic heterocycles. The molecular formula is C6H8N2. The molecule has 1 rings (SSSR count). The summed E-state index contributed by atoms with van der Waals surface area (Å²) >= 11 is 0. The quantitative estimate of drug-likeness (QED) is 0.210. The van der Waals surface area contributed by atoms with Gasteiger partial charge in [-0.15, -0.1) is 0 Å². The number of hydrogen-bond acceptors (Lipinski definition) is 0. The maximum absolute atomic E-state index is 8.07. The van der Waals surface area contributed by atoms with E-state index >= 15 is 0 Å². The molecule has 0 aromatic rings. The first-order valence-electron chi connectivity index (χ1n) is 2.76. The van der Waals surface area contributed by atoms with Gasteiger partial charge in [0.05, 0.1) is 5.92 Å². The predicted octanol–water partition coefficient (Wildman–Crippen LogP) is 1.25. The first kappa shape index (κ1) is 5.26. The zero-order valence-electron chi connectivity index (χ0n) is 4.62. The highest BCUT2D eigenvalue weighted by Crippen LogP contribution is 2.13. The van der Waals surface area contributed by atoms with E-state index in [1.54, 1.807) is 6.21 Å². The van der Waals surface area contributed by atoms with E-state index in [0.717, 1.165) is 12.8 Å². The Morgan fingerprint density at radius 3 is 2.62 bits per heavy atom. The van der Waals surface area contributed by atoms with Crippen LogP contribution in [0.25, 0.3) is 5.53 Å². The molecule has 0 spiro atoms. The van der Waals surface area contributed by atoms with Gasteiger partial charge < -0.3 is 5.53 Å². The van der Waals surface area contributed by atoms with Crippen molar-refractivity contribution < 1.29 is 4.79 Å². The molecule has 0 saturated carbocycles. The minimum absolute atomic E-state index is 0.458. The summed E-state index contributed by atoms with van der Waals surface area (Å²) in [7, 11) is 0. The van der Waals surface area contributed by atoms with Crippen LogP contribution in [-0.4, -0.2) is 11.0 Å². The largest absolute Gasteiger partial charge is 0.362 e. The Hall–Kier alpha value is -0.880. The fraction of sp³-hybridized carbons (Fsp3) is 0.500. The molecule has 0 N–H and O–H groups in total. The third-order valence-corrected chi connectivity index (χ3v) is 1.32. The highest BCUT2D eigenvalue weighted by atomic mass is 14.8. The molecule has 0 unspecified atom stereocenters. The summed E-state index contributed by atoms with van der Waals surface area (Å²) in [4.78, 5) is 2.95.